The molecule has 156 valence electrons. The molecule has 2 bridgehead atoms. The third kappa shape index (κ3) is 3.19. The van der Waals surface area contributed by atoms with Gasteiger partial charge in [0, 0.05) is 13.1 Å². The van der Waals surface area contributed by atoms with Gasteiger partial charge in [-0.15, -0.1) is 0 Å². The van der Waals surface area contributed by atoms with E-state index in [-0.39, 0.29) is 23.7 Å². The van der Waals surface area contributed by atoms with Crippen molar-refractivity contribution in [2.24, 2.45) is 5.92 Å². The smallest absolute Gasteiger partial charge is 0.416 e. The van der Waals surface area contributed by atoms with Crippen LogP contribution in [0.1, 0.15) is 43.6 Å². The standard InChI is InChI=1S/C19H21F3N4O2S/c1-10(2)8-23-17(29)24-9-13-7-14(24)15-16(27)26(18(28)25(13)15)12-5-3-4-11(6-12)19(20,21)22/h3-6,10,13-14,27H,7-9H2,1-2H3,(H,23,29)/t13-,14-/m0/s1. The molecule has 2 aliphatic heterocycles. The average Bonchev–Trinajstić information content (AvgIpc) is 3.30. The second-order valence-electron chi connectivity index (χ2n) is 7.88. The van der Waals surface area contributed by atoms with Gasteiger partial charge < -0.3 is 15.3 Å². The van der Waals surface area contributed by atoms with Gasteiger partial charge in [-0.1, -0.05) is 19.9 Å². The molecule has 0 aliphatic carbocycles. The van der Waals surface area contributed by atoms with Crippen LogP contribution in [0.5, 0.6) is 5.88 Å². The third-order valence-corrected chi connectivity index (χ3v) is 5.79. The zero-order valence-corrected chi connectivity index (χ0v) is 16.7. The van der Waals surface area contributed by atoms with Crippen molar-refractivity contribution < 1.29 is 18.3 Å². The monoisotopic (exact) mass is 426 g/mol. The highest BCUT2D eigenvalue weighted by Gasteiger charge is 2.48. The summed E-state index contributed by atoms with van der Waals surface area (Å²) < 4.78 is 41.6. The van der Waals surface area contributed by atoms with Crippen molar-refractivity contribution in [2.45, 2.75) is 38.5 Å². The number of thiocarbonyl (C=S) groups is 1. The predicted octanol–water partition coefficient (Wildman–Crippen LogP) is 3.20. The normalized spacial score (nSPS) is 20.4. The number of hydrogen-bond acceptors (Lipinski definition) is 3. The van der Waals surface area contributed by atoms with E-state index in [1.807, 2.05) is 4.90 Å². The van der Waals surface area contributed by atoms with Gasteiger partial charge in [-0.3, -0.25) is 4.57 Å². The summed E-state index contributed by atoms with van der Waals surface area (Å²) in [6.45, 7) is 5.35. The van der Waals surface area contributed by atoms with Gasteiger partial charge in [0.2, 0.25) is 5.88 Å². The molecule has 1 saturated heterocycles. The maximum Gasteiger partial charge on any atom is 0.416 e. The largest absolute Gasteiger partial charge is 0.493 e. The lowest BCUT2D eigenvalue weighted by Gasteiger charge is -2.30. The van der Waals surface area contributed by atoms with Gasteiger partial charge in [-0.2, -0.15) is 13.2 Å². The van der Waals surface area contributed by atoms with E-state index < -0.39 is 17.4 Å². The predicted molar refractivity (Wildman–Crippen MR) is 105 cm³/mol. The first kappa shape index (κ1) is 19.8. The Hall–Kier alpha value is -2.49. The Morgan fingerprint density at radius 2 is 2.10 bits per heavy atom. The van der Waals surface area contributed by atoms with Crippen molar-refractivity contribution in [3.8, 4) is 11.6 Å². The minimum absolute atomic E-state index is 0.0179. The molecule has 2 atom stereocenters. The van der Waals surface area contributed by atoms with Crippen LogP contribution in [0.4, 0.5) is 13.2 Å². The van der Waals surface area contributed by atoms with Gasteiger partial charge in [0.25, 0.3) is 0 Å². The second-order valence-corrected chi connectivity index (χ2v) is 8.27. The van der Waals surface area contributed by atoms with E-state index in [2.05, 4.69) is 19.2 Å². The van der Waals surface area contributed by atoms with E-state index in [0.29, 0.717) is 36.2 Å². The number of likely N-dealkylation sites (tertiary alicyclic amines) is 1. The third-order valence-electron chi connectivity index (χ3n) is 5.41. The molecule has 0 unspecified atom stereocenters. The van der Waals surface area contributed by atoms with Crippen molar-refractivity contribution in [2.75, 3.05) is 13.1 Å². The first-order valence-corrected chi connectivity index (χ1v) is 9.78. The quantitative estimate of drug-likeness (QED) is 0.739. The summed E-state index contributed by atoms with van der Waals surface area (Å²) >= 11 is 5.47. The summed E-state index contributed by atoms with van der Waals surface area (Å²) in [5.74, 6) is 0.0690. The number of nitrogens with zero attached hydrogens (tertiary/aromatic N) is 3. The van der Waals surface area contributed by atoms with Gasteiger partial charge in [-0.25, -0.2) is 9.36 Å². The summed E-state index contributed by atoms with van der Waals surface area (Å²) in [7, 11) is 0. The summed E-state index contributed by atoms with van der Waals surface area (Å²) in [5.41, 5.74) is -1.03. The Bertz CT molecular complexity index is 1030. The van der Waals surface area contributed by atoms with Crippen LogP contribution >= 0.6 is 12.2 Å². The highest BCUT2D eigenvalue weighted by Crippen LogP contribution is 2.48. The van der Waals surface area contributed by atoms with Crippen molar-refractivity contribution in [1.82, 2.24) is 19.4 Å². The number of aromatic nitrogens is 2. The van der Waals surface area contributed by atoms with Crippen LogP contribution in [-0.2, 0) is 6.18 Å². The topological polar surface area (TPSA) is 62.4 Å². The van der Waals surface area contributed by atoms with Gasteiger partial charge in [0.05, 0.1) is 23.3 Å². The second kappa shape index (κ2) is 6.79. The highest BCUT2D eigenvalue weighted by molar-refractivity contribution is 7.80. The summed E-state index contributed by atoms with van der Waals surface area (Å²) in [6.07, 6.45) is -3.91. The Balaban J connectivity index is 1.71. The Morgan fingerprint density at radius 1 is 1.38 bits per heavy atom. The molecule has 29 heavy (non-hydrogen) atoms. The highest BCUT2D eigenvalue weighted by atomic mass is 32.1. The van der Waals surface area contributed by atoms with E-state index in [1.165, 1.54) is 16.7 Å². The molecular formula is C19H21F3N4O2S. The van der Waals surface area contributed by atoms with Crippen molar-refractivity contribution in [1.29, 1.82) is 0 Å². The number of alkyl halides is 3. The van der Waals surface area contributed by atoms with E-state index in [9.17, 15) is 23.1 Å². The molecule has 2 N–H and O–H groups in total. The summed E-state index contributed by atoms with van der Waals surface area (Å²) in [5, 5.41) is 14.5. The Labute approximate surface area is 170 Å². The van der Waals surface area contributed by atoms with Gasteiger partial charge in [0.15, 0.2) is 5.11 Å². The van der Waals surface area contributed by atoms with E-state index in [4.69, 9.17) is 12.2 Å². The molecular weight excluding hydrogens is 405 g/mol. The van der Waals surface area contributed by atoms with E-state index >= 15 is 0 Å². The van der Waals surface area contributed by atoms with Gasteiger partial charge >= 0.3 is 11.9 Å². The van der Waals surface area contributed by atoms with Crippen LogP contribution < -0.4 is 11.0 Å². The molecule has 10 heteroatoms. The number of halogens is 3. The van der Waals surface area contributed by atoms with Gasteiger partial charge in [-0.05, 0) is 42.8 Å². The van der Waals surface area contributed by atoms with Gasteiger partial charge in [0.1, 0.15) is 5.69 Å². The first-order valence-electron chi connectivity index (χ1n) is 9.37. The van der Waals surface area contributed by atoms with Crippen LogP contribution in [0.25, 0.3) is 5.69 Å². The molecule has 1 aromatic carbocycles. The van der Waals surface area contributed by atoms with Crippen molar-refractivity contribution in [3.63, 3.8) is 0 Å². The number of aromatic hydroxyl groups is 1. The number of hydrogen-bond donors (Lipinski definition) is 2. The first-order chi connectivity index (χ1) is 13.6. The van der Waals surface area contributed by atoms with E-state index in [0.717, 1.165) is 16.7 Å². The number of nitrogens with one attached hydrogen (secondary N) is 1. The maximum atomic E-state index is 13.1. The fourth-order valence-electron chi connectivity index (χ4n) is 4.12. The fraction of sp³-hybridized carbons (Fsp3) is 0.474. The molecule has 0 saturated carbocycles. The number of benzene rings is 1. The zero-order valence-electron chi connectivity index (χ0n) is 15.9. The fourth-order valence-corrected chi connectivity index (χ4v) is 4.40. The molecule has 2 aromatic rings. The Kier molecular flexibility index (Phi) is 4.64. The molecule has 0 amide bonds. The lowest BCUT2D eigenvalue weighted by Crippen LogP contribution is -2.44. The van der Waals surface area contributed by atoms with Crippen LogP contribution in [0, 0.1) is 5.92 Å². The molecule has 4 rings (SSSR count). The molecule has 1 fully saturated rings. The SMILES string of the molecule is CC(C)CNC(=S)N1C[C@@H]2C[C@H]1c1c(O)n(-c3cccc(C(F)(F)F)c3)c(=O)n12. The summed E-state index contributed by atoms with van der Waals surface area (Å²) in [4.78, 5) is 14.9. The number of fused-ring (bicyclic) bond motifs is 5. The van der Waals surface area contributed by atoms with Crippen LogP contribution in [0.15, 0.2) is 29.1 Å². The van der Waals surface area contributed by atoms with E-state index in [1.54, 1.807) is 0 Å². The minimum atomic E-state index is -4.54. The molecule has 1 aromatic heterocycles. The number of rotatable bonds is 3. The molecule has 0 spiro atoms. The zero-order chi connectivity index (χ0) is 21.1. The lowest BCUT2D eigenvalue weighted by atomic mass is 10.2. The molecule has 3 heterocycles. The van der Waals surface area contributed by atoms with Crippen molar-refractivity contribution in [3.05, 3.63) is 46.0 Å². The summed E-state index contributed by atoms with van der Waals surface area (Å²) in [6, 6.07) is 3.93. The average molecular weight is 426 g/mol. The van der Waals surface area contributed by atoms with Crippen LogP contribution in [-0.4, -0.2) is 37.3 Å². The minimum Gasteiger partial charge on any atom is -0.493 e. The number of imidazole rings is 1. The lowest BCUT2D eigenvalue weighted by molar-refractivity contribution is -0.137. The molecule has 2 aliphatic rings. The molecule has 0 radical (unpaired) electrons. The molecule has 6 nitrogen and oxygen atoms in total. The Morgan fingerprint density at radius 3 is 2.76 bits per heavy atom. The van der Waals surface area contributed by atoms with Crippen molar-refractivity contribution >= 4 is 17.3 Å². The van der Waals surface area contributed by atoms with Crippen LogP contribution in [0.3, 0.4) is 0 Å². The maximum absolute atomic E-state index is 13.1. The van der Waals surface area contributed by atoms with Crippen LogP contribution in [0.2, 0.25) is 0 Å².